The van der Waals surface area contributed by atoms with Crippen LogP contribution in [0.1, 0.15) is 17.2 Å². The second-order valence-electron chi connectivity index (χ2n) is 6.57. The molecule has 4 nitrogen and oxygen atoms in total. The van der Waals surface area contributed by atoms with Crippen LogP contribution in [0.25, 0.3) is 0 Å². The van der Waals surface area contributed by atoms with E-state index in [9.17, 15) is 13.9 Å². The minimum absolute atomic E-state index is 0.524. The van der Waals surface area contributed by atoms with Gasteiger partial charge in [0.25, 0.3) is 5.92 Å². The molecule has 1 saturated heterocycles. The number of piperazine rings is 1. The Hall–Kier alpha value is -2.02. The van der Waals surface area contributed by atoms with Crippen molar-refractivity contribution in [1.82, 2.24) is 10.2 Å². The summed E-state index contributed by atoms with van der Waals surface area (Å²) < 4.78 is 28.9. The lowest BCUT2D eigenvalue weighted by Gasteiger charge is -2.38. The lowest BCUT2D eigenvalue weighted by Crippen LogP contribution is -2.51. The normalized spacial score (nSPS) is 17.0. The fourth-order valence-electron chi connectivity index (χ4n) is 3.33. The molecule has 3 N–H and O–H groups in total. The fraction of sp³-hybridized carbons (Fsp3) is 0.400. The molecule has 0 unspecified atom stereocenters. The number of aliphatic hydroxyl groups is 1. The molecule has 0 radical (unpaired) electrons. The van der Waals surface area contributed by atoms with Crippen LogP contribution in [-0.4, -0.2) is 48.7 Å². The molecule has 1 heterocycles. The van der Waals surface area contributed by atoms with Gasteiger partial charge < -0.3 is 15.7 Å². The lowest BCUT2D eigenvalue weighted by atomic mass is 9.98. The van der Waals surface area contributed by atoms with Crippen LogP contribution in [-0.2, 0) is 6.54 Å². The number of anilines is 1. The Bertz CT molecular complexity index is 673. The van der Waals surface area contributed by atoms with Gasteiger partial charge in [-0.2, -0.15) is 0 Å². The van der Waals surface area contributed by atoms with Crippen LogP contribution in [0, 0.1) is 0 Å². The monoisotopic (exact) mass is 361 g/mol. The minimum atomic E-state index is -3.18. The van der Waals surface area contributed by atoms with Crippen molar-refractivity contribution >= 4 is 5.69 Å². The first-order valence-corrected chi connectivity index (χ1v) is 8.91. The molecule has 0 amide bonds. The number of halogens is 2. The summed E-state index contributed by atoms with van der Waals surface area (Å²) in [5.41, 5.74) is 2.56. The molecule has 2 aromatic carbocycles. The van der Waals surface area contributed by atoms with Gasteiger partial charge >= 0.3 is 0 Å². The maximum Gasteiger partial charge on any atom is 0.289 e. The average Bonchev–Trinajstić information content (AvgIpc) is 2.69. The topological polar surface area (TPSA) is 47.5 Å². The highest BCUT2D eigenvalue weighted by molar-refractivity contribution is 5.46. The van der Waals surface area contributed by atoms with Crippen molar-refractivity contribution in [1.29, 1.82) is 0 Å². The zero-order valence-corrected chi connectivity index (χ0v) is 14.7. The molecular formula is C20H25F2N3O. The Morgan fingerprint density at radius 2 is 1.69 bits per heavy atom. The van der Waals surface area contributed by atoms with E-state index in [1.807, 2.05) is 42.5 Å². The van der Waals surface area contributed by atoms with Crippen molar-refractivity contribution in [2.75, 3.05) is 38.1 Å². The molecule has 0 spiro atoms. The van der Waals surface area contributed by atoms with Gasteiger partial charge in [-0.1, -0.05) is 42.5 Å². The van der Waals surface area contributed by atoms with E-state index in [1.54, 1.807) is 17.0 Å². The Morgan fingerprint density at radius 1 is 1.04 bits per heavy atom. The number of benzene rings is 2. The molecule has 1 aliphatic heterocycles. The van der Waals surface area contributed by atoms with Gasteiger partial charge in [0.05, 0.1) is 0 Å². The first-order chi connectivity index (χ1) is 12.6. The van der Waals surface area contributed by atoms with Gasteiger partial charge in [-0.25, -0.2) is 8.78 Å². The maximum atomic E-state index is 14.4. The van der Waals surface area contributed by atoms with Crippen molar-refractivity contribution in [2.45, 2.75) is 18.5 Å². The van der Waals surface area contributed by atoms with Gasteiger partial charge in [0.1, 0.15) is 12.6 Å². The van der Waals surface area contributed by atoms with E-state index in [4.69, 9.17) is 0 Å². The highest BCUT2D eigenvalue weighted by Crippen LogP contribution is 2.36. The third-order valence-electron chi connectivity index (χ3n) is 4.69. The van der Waals surface area contributed by atoms with Crippen LogP contribution < -0.4 is 10.6 Å². The summed E-state index contributed by atoms with van der Waals surface area (Å²) >= 11 is 0. The van der Waals surface area contributed by atoms with Gasteiger partial charge in [0.2, 0.25) is 0 Å². The summed E-state index contributed by atoms with van der Waals surface area (Å²) in [4.78, 5) is 1.75. The Balaban J connectivity index is 1.73. The van der Waals surface area contributed by atoms with Gasteiger partial charge in [-0.15, -0.1) is 0 Å². The van der Waals surface area contributed by atoms with Crippen LogP contribution in [0.15, 0.2) is 54.6 Å². The van der Waals surface area contributed by atoms with Crippen LogP contribution in [0.4, 0.5) is 14.5 Å². The van der Waals surface area contributed by atoms with E-state index in [-0.39, 0.29) is 0 Å². The van der Waals surface area contributed by atoms with Gasteiger partial charge in [-0.3, -0.25) is 4.90 Å². The standard InChI is InChI=1S/C20H25F2N3O/c21-20(22,15-26)19(25-12-10-23-11-13-25)17-6-8-18(9-7-17)24-14-16-4-2-1-3-5-16/h1-9,19,23-24,26H,10-15H2/t19-/m1/s1. The molecule has 3 rings (SSSR count). The van der Waals surface area contributed by atoms with E-state index in [0.717, 1.165) is 11.3 Å². The molecule has 1 atom stereocenters. The number of nitrogens with one attached hydrogen (secondary N) is 2. The molecule has 0 aromatic heterocycles. The molecule has 0 bridgehead atoms. The Morgan fingerprint density at radius 3 is 2.31 bits per heavy atom. The lowest BCUT2D eigenvalue weighted by molar-refractivity contribution is -0.118. The third kappa shape index (κ3) is 4.58. The highest BCUT2D eigenvalue weighted by atomic mass is 19.3. The van der Waals surface area contributed by atoms with Crippen LogP contribution in [0.2, 0.25) is 0 Å². The van der Waals surface area contributed by atoms with E-state index < -0.39 is 18.6 Å². The van der Waals surface area contributed by atoms with Gasteiger partial charge in [-0.05, 0) is 23.3 Å². The molecular weight excluding hydrogens is 336 g/mol. The number of aliphatic hydroxyl groups excluding tert-OH is 1. The second-order valence-corrected chi connectivity index (χ2v) is 6.57. The molecule has 2 aromatic rings. The Kier molecular flexibility index (Phi) is 6.19. The van der Waals surface area contributed by atoms with Crippen molar-refractivity contribution in [3.8, 4) is 0 Å². The molecule has 1 fully saturated rings. The maximum absolute atomic E-state index is 14.4. The van der Waals surface area contributed by atoms with Crippen LogP contribution >= 0.6 is 0 Å². The summed E-state index contributed by atoms with van der Waals surface area (Å²) in [5, 5.41) is 15.7. The van der Waals surface area contributed by atoms with E-state index in [0.29, 0.717) is 38.3 Å². The largest absolute Gasteiger partial charge is 0.390 e. The average molecular weight is 361 g/mol. The zero-order valence-electron chi connectivity index (χ0n) is 14.7. The zero-order chi connectivity index (χ0) is 18.4. The smallest absolute Gasteiger partial charge is 0.289 e. The minimum Gasteiger partial charge on any atom is -0.390 e. The Labute approximate surface area is 152 Å². The number of hydrogen-bond donors (Lipinski definition) is 3. The van der Waals surface area contributed by atoms with Crippen LogP contribution in [0.5, 0.6) is 0 Å². The number of alkyl halides is 2. The van der Waals surface area contributed by atoms with Crippen LogP contribution in [0.3, 0.4) is 0 Å². The number of rotatable bonds is 7. The molecule has 0 saturated carbocycles. The summed E-state index contributed by atoms with van der Waals surface area (Å²) in [6, 6.07) is 16.0. The van der Waals surface area contributed by atoms with Crippen molar-refractivity contribution in [3.63, 3.8) is 0 Å². The first-order valence-electron chi connectivity index (χ1n) is 8.91. The second kappa shape index (κ2) is 8.58. The first kappa shape index (κ1) is 18.8. The van der Waals surface area contributed by atoms with E-state index in [1.165, 1.54) is 0 Å². The molecule has 1 aliphatic rings. The van der Waals surface area contributed by atoms with E-state index in [2.05, 4.69) is 10.6 Å². The SMILES string of the molecule is OCC(F)(F)[C@@H](c1ccc(NCc2ccccc2)cc1)N1CCNCC1. The molecule has 0 aliphatic carbocycles. The molecule has 140 valence electrons. The van der Waals surface area contributed by atoms with Crippen molar-refractivity contribution in [3.05, 3.63) is 65.7 Å². The predicted octanol–water partition coefficient (Wildman–Crippen LogP) is 2.87. The summed E-state index contributed by atoms with van der Waals surface area (Å²) in [7, 11) is 0. The molecule has 26 heavy (non-hydrogen) atoms. The highest BCUT2D eigenvalue weighted by Gasteiger charge is 2.43. The third-order valence-corrected chi connectivity index (χ3v) is 4.69. The molecule has 6 heteroatoms. The quantitative estimate of drug-likeness (QED) is 0.710. The van der Waals surface area contributed by atoms with Crippen molar-refractivity contribution in [2.24, 2.45) is 0 Å². The van der Waals surface area contributed by atoms with Gasteiger partial charge in [0.15, 0.2) is 0 Å². The number of hydrogen-bond acceptors (Lipinski definition) is 4. The predicted molar refractivity (Wildman–Crippen MR) is 99.4 cm³/mol. The number of nitrogens with zero attached hydrogens (tertiary/aromatic N) is 1. The summed E-state index contributed by atoms with van der Waals surface area (Å²) in [5.74, 6) is -3.18. The fourth-order valence-corrected chi connectivity index (χ4v) is 3.33. The summed E-state index contributed by atoms with van der Waals surface area (Å²) in [6.07, 6.45) is 0. The van der Waals surface area contributed by atoms with E-state index >= 15 is 0 Å². The summed E-state index contributed by atoms with van der Waals surface area (Å²) in [6.45, 7) is 1.94. The van der Waals surface area contributed by atoms with Crippen molar-refractivity contribution < 1.29 is 13.9 Å². The van der Waals surface area contributed by atoms with Gasteiger partial charge in [0, 0.05) is 38.4 Å².